The summed E-state index contributed by atoms with van der Waals surface area (Å²) in [4.78, 5) is 4.80. The number of anilines is 2. The zero-order valence-corrected chi connectivity index (χ0v) is 18.4. The zero-order chi connectivity index (χ0) is 22.0. The number of thiazole rings is 1. The quantitative estimate of drug-likeness (QED) is 0.312. The van der Waals surface area contributed by atoms with Crippen molar-refractivity contribution in [2.24, 2.45) is 0 Å². The molecule has 0 aliphatic carbocycles. The van der Waals surface area contributed by atoms with Crippen LogP contribution in [0.3, 0.4) is 0 Å². The standard InChI is InChI=1S/C27H19N5S/c1-2-8-20(9-3-1)25-17-32(31-30-25)22-15-13-21(14-16-22)26-18-33-27(29-26)28-24-12-6-10-19-7-4-5-11-23(19)24/h1-18H,(H,28,29). The number of nitrogens with zero attached hydrogens (tertiary/aromatic N) is 4. The van der Waals surface area contributed by atoms with E-state index in [4.69, 9.17) is 4.98 Å². The number of fused-ring (bicyclic) bond motifs is 1. The maximum Gasteiger partial charge on any atom is 0.187 e. The Morgan fingerprint density at radius 1 is 0.697 bits per heavy atom. The van der Waals surface area contributed by atoms with E-state index in [1.807, 2.05) is 48.7 Å². The molecule has 4 aromatic carbocycles. The fraction of sp³-hybridized carbons (Fsp3) is 0. The van der Waals surface area contributed by atoms with E-state index in [-0.39, 0.29) is 0 Å². The molecule has 0 atom stereocenters. The van der Waals surface area contributed by atoms with Crippen LogP contribution in [0.15, 0.2) is 109 Å². The van der Waals surface area contributed by atoms with Gasteiger partial charge >= 0.3 is 0 Å². The Bertz CT molecular complexity index is 1530. The van der Waals surface area contributed by atoms with Gasteiger partial charge in [-0.05, 0) is 23.6 Å². The lowest BCUT2D eigenvalue weighted by molar-refractivity contribution is 0.804. The molecule has 0 saturated carbocycles. The maximum absolute atomic E-state index is 4.80. The third-order valence-corrected chi connectivity index (χ3v) is 6.28. The van der Waals surface area contributed by atoms with Crippen LogP contribution in [0.25, 0.3) is 39.0 Å². The highest BCUT2D eigenvalue weighted by Crippen LogP contribution is 2.31. The summed E-state index contributed by atoms with van der Waals surface area (Å²) in [7, 11) is 0. The van der Waals surface area contributed by atoms with Crippen LogP contribution in [0, 0.1) is 0 Å². The van der Waals surface area contributed by atoms with E-state index in [0.29, 0.717) is 0 Å². The average Bonchev–Trinajstić information content (AvgIpc) is 3.55. The van der Waals surface area contributed by atoms with Gasteiger partial charge < -0.3 is 5.32 Å². The fourth-order valence-electron chi connectivity index (χ4n) is 3.83. The highest BCUT2D eigenvalue weighted by molar-refractivity contribution is 7.14. The first kappa shape index (κ1) is 19.4. The van der Waals surface area contributed by atoms with Crippen molar-refractivity contribution in [3.05, 3.63) is 109 Å². The summed E-state index contributed by atoms with van der Waals surface area (Å²) in [5, 5.41) is 17.4. The lowest BCUT2D eigenvalue weighted by atomic mass is 10.1. The van der Waals surface area contributed by atoms with Crippen LogP contribution in [0.4, 0.5) is 10.8 Å². The lowest BCUT2D eigenvalue weighted by Crippen LogP contribution is -1.94. The molecule has 0 aliphatic rings. The van der Waals surface area contributed by atoms with Gasteiger partial charge in [-0.1, -0.05) is 84.1 Å². The minimum Gasteiger partial charge on any atom is -0.331 e. The SMILES string of the molecule is c1ccc(-c2cn(-c3ccc(-c4csc(Nc5cccc6ccccc56)n4)cc3)nn2)cc1. The Labute approximate surface area is 195 Å². The molecule has 6 rings (SSSR count). The predicted octanol–water partition coefficient (Wildman–Crippen LogP) is 6.95. The van der Waals surface area contributed by atoms with E-state index < -0.39 is 0 Å². The summed E-state index contributed by atoms with van der Waals surface area (Å²) in [6.07, 6.45) is 1.94. The molecule has 0 fully saturated rings. The molecule has 0 unspecified atom stereocenters. The van der Waals surface area contributed by atoms with E-state index in [2.05, 4.69) is 75.6 Å². The largest absolute Gasteiger partial charge is 0.331 e. The van der Waals surface area contributed by atoms with Gasteiger partial charge in [0, 0.05) is 27.6 Å². The molecule has 6 aromatic rings. The Morgan fingerprint density at radius 3 is 2.33 bits per heavy atom. The smallest absolute Gasteiger partial charge is 0.187 e. The highest BCUT2D eigenvalue weighted by atomic mass is 32.1. The van der Waals surface area contributed by atoms with E-state index >= 15 is 0 Å². The maximum atomic E-state index is 4.80. The summed E-state index contributed by atoms with van der Waals surface area (Å²) in [5.41, 5.74) is 5.92. The molecule has 0 saturated heterocycles. The third kappa shape index (κ3) is 3.88. The highest BCUT2D eigenvalue weighted by Gasteiger charge is 2.09. The summed E-state index contributed by atoms with van der Waals surface area (Å²) in [6.45, 7) is 0. The Balaban J connectivity index is 1.22. The van der Waals surface area contributed by atoms with Crippen molar-refractivity contribution >= 4 is 32.9 Å². The zero-order valence-electron chi connectivity index (χ0n) is 17.6. The van der Waals surface area contributed by atoms with Crippen LogP contribution in [0.1, 0.15) is 0 Å². The predicted molar refractivity (Wildman–Crippen MR) is 135 cm³/mol. The molecule has 0 aliphatic heterocycles. The molecule has 0 radical (unpaired) electrons. The number of hydrogen-bond acceptors (Lipinski definition) is 5. The van der Waals surface area contributed by atoms with Gasteiger partial charge in [-0.25, -0.2) is 9.67 Å². The van der Waals surface area contributed by atoms with Crippen molar-refractivity contribution in [1.29, 1.82) is 0 Å². The molecule has 5 nitrogen and oxygen atoms in total. The first-order chi connectivity index (χ1) is 16.3. The van der Waals surface area contributed by atoms with Crippen LogP contribution in [-0.2, 0) is 0 Å². The van der Waals surface area contributed by atoms with Gasteiger partial charge in [0.05, 0.1) is 17.6 Å². The molecule has 0 spiro atoms. The molecule has 0 bridgehead atoms. The lowest BCUT2D eigenvalue weighted by Gasteiger charge is -2.07. The van der Waals surface area contributed by atoms with Gasteiger partial charge in [0.15, 0.2) is 5.13 Å². The van der Waals surface area contributed by atoms with Crippen molar-refractivity contribution < 1.29 is 0 Å². The Kier molecular flexibility index (Phi) is 4.90. The van der Waals surface area contributed by atoms with Crippen molar-refractivity contribution in [1.82, 2.24) is 20.0 Å². The molecule has 158 valence electrons. The van der Waals surface area contributed by atoms with Gasteiger partial charge in [-0.3, -0.25) is 0 Å². The van der Waals surface area contributed by atoms with Gasteiger partial charge in [0.1, 0.15) is 5.69 Å². The van der Waals surface area contributed by atoms with Crippen molar-refractivity contribution in [3.63, 3.8) is 0 Å². The van der Waals surface area contributed by atoms with Gasteiger partial charge in [-0.15, -0.1) is 16.4 Å². The van der Waals surface area contributed by atoms with Gasteiger partial charge in [0.25, 0.3) is 0 Å². The molecule has 33 heavy (non-hydrogen) atoms. The second kappa shape index (κ2) is 8.33. The fourth-order valence-corrected chi connectivity index (χ4v) is 4.56. The molecule has 1 N–H and O–H groups in total. The topological polar surface area (TPSA) is 55.6 Å². The number of nitrogens with one attached hydrogen (secondary N) is 1. The van der Waals surface area contributed by atoms with Crippen LogP contribution in [0.5, 0.6) is 0 Å². The van der Waals surface area contributed by atoms with Crippen LogP contribution in [-0.4, -0.2) is 20.0 Å². The molecular weight excluding hydrogens is 426 g/mol. The van der Waals surface area contributed by atoms with Gasteiger partial charge in [0.2, 0.25) is 0 Å². The van der Waals surface area contributed by atoms with E-state index in [1.54, 1.807) is 16.0 Å². The van der Waals surface area contributed by atoms with Gasteiger partial charge in [-0.2, -0.15) is 0 Å². The Morgan fingerprint density at radius 2 is 1.45 bits per heavy atom. The van der Waals surface area contributed by atoms with Crippen molar-refractivity contribution in [2.45, 2.75) is 0 Å². The van der Waals surface area contributed by atoms with Crippen LogP contribution < -0.4 is 5.32 Å². The average molecular weight is 446 g/mol. The number of benzene rings is 4. The summed E-state index contributed by atoms with van der Waals surface area (Å²) < 4.78 is 1.79. The second-order valence-corrected chi connectivity index (χ2v) is 8.51. The number of aromatic nitrogens is 4. The molecular formula is C27H19N5S. The number of rotatable bonds is 5. The van der Waals surface area contributed by atoms with Crippen LogP contribution >= 0.6 is 11.3 Å². The monoisotopic (exact) mass is 445 g/mol. The minimum atomic E-state index is 0.850. The molecule has 6 heteroatoms. The van der Waals surface area contributed by atoms with E-state index in [0.717, 1.165) is 39.0 Å². The summed E-state index contributed by atoms with van der Waals surface area (Å²) in [5.74, 6) is 0. The number of hydrogen-bond donors (Lipinski definition) is 1. The van der Waals surface area contributed by atoms with Crippen molar-refractivity contribution in [3.8, 4) is 28.2 Å². The van der Waals surface area contributed by atoms with Crippen molar-refractivity contribution in [2.75, 3.05) is 5.32 Å². The first-order valence-electron chi connectivity index (χ1n) is 10.6. The third-order valence-electron chi connectivity index (χ3n) is 5.53. The molecule has 0 amide bonds. The van der Waals surface area contributed by atoms with Crippen LogP contribution in [0.2, 0.25) is 0 Å². The Hall–Kier alpha value is -4.29. The summed E-state index contributed by atoms with van der Waals surface area (Å²) >= 11 is 1.60. The minimum absolute atomic E-state index is 0.850. The second-order valence-electron chi connectivity index (χ2n) is 7.65. The molecule has 2 heterocycles. The normalized spacial score (nSPS) is 11.0. The first-order valence-corrected chi connectivity index (χ1v) is 11.5. The molecule has 2 aromatic heterocycles. The van der Waals surface area contributed by atoms with E-state index in [1.165, 1.54) is 10.8 Å². The summed E-state index contributed by atoms with van der Waals surface area (Å²) in [6, 6.07) is 32.9. The van der Waals surface area contributed by atoms with E-state index in [9.17, 15) is 0 Å².